The number of nitrogens with two attached hydrogens (primary N) is 1. The second kappa shape index (κ2) is 4.58. The van der Waals surface area contributed by atoms with Gasteiger partial charge >= 0.3 is 5.97 Å². The lowest BCUT2D eigenvalue weighted by Crippen LogP contribution is -2.04. The number of hydrogen-bond donors (Lipinski definition) is 1. The molecule has 0 atom stereocenters. The maximum Gasteiger partial charge on any atom is 0.341 e. The second-order valence-electron chi connectivity index (χ2n) is 3.46. The van der Waals surface area contributed by atoms with Gasteiger partial charge in [0.2, 0.25) is 0 Å². The van der Waals surface area contributed by atoms with Crippen molar-refractivity contribution in [2.24, 2.45) is 0 Å². The van der Waals surface area contributed by atoms with Gasteiger partial charge in [-0.2, -0.15) is 5.10 Å². The highest BCUT2D eigenvalue weighted by Gasteiger charge is 2.19. The first-order valence-electron chi connectivity index (χ1n) is 5.15. The number of aryl methyl sites for hydroxylation is 1. The van der Waals surface area contributed by atoms with Crippen LogP contribution in [0.2, 0.25) is 0 Å². The molecule has 0 radical (unpaired) electrons. The summed E-state index contributed by atoms with van der Waals surface area (Å²) >= 11 is 1.33. The van der Waals surface area contributed by atoms with E-state index in [1.807, 2.05) is 18.5 Å². The highest BCUT2D eigenvalue weighted by molar-refractivity contribution is 7.14. The molecule has 0 aliphatic carbocycles. The van der Waals surface area contributed by atoms with Gasteiger partial charge in [0.15, 0.2) is 0 Å². The van der Waals surface area contributed by atoms with Crippen molar-refractivity contribution in [1.29, 1.82) is 0 Å². The van der Waals surface area contributed by atoms with E-state index in [4.69, 9.17) is 10.5 Å². The number of aromatic nitrogens is 2. The zero-order valence-electron chi connectivity index (χ0n) is 9.64. The Labute approximate surface area is 103 Å². The van der Waals surface area contributed by atoms with Crippen LogP contribution in [0.3, 0.4) is 0 Å². The van der Waals surface area contributed by atoms with Gasteiger partial charge in [0.25, 0.3) is 0 Å². The van der Waals surface area contributed by atoms with E-state index in [-0.39, 0.29) is 0 Å². The van der Waals surface area contributed by atoms with Crippen LogP contribution < -0.4 is 5.73 Å². The molecule has 0 saturated heterocycles. The van der Waals surface area contributed by atoms with E-state index in [2.05, 4.69) is 5.10 Å². The molecule has 2 N–H and O–H groups in total. The molecule has 2 aromatic heterocycles. The predicted molar refractivity (Wildman–Crippen MR) is 67.0 cm³/mol. The molecule has 5 nitrogen and oxygen atoms in total. The Morgan fingerprint density at radius 1 is 1.65 bits per heavy atom. The van der Waals surface area contributed by atoms with Crippen LogP contribution in [-0.2, 0) is 11.3 Å². The number of carbonyl (C=O) groups is 1. The monoisotopic (exact) mass is 251 g/mol. The molecule has 17 heavy (non-hydrogen) atoms. The number of hydrogen-bond acceptors (Lipinski definition) is 5. The van der Waals surface area contributed by atoms with Crippen molar-refractivity contribution in [3.05, 3.63) is 23.3 Å². The quantitative estimate of drug-likeness (QED) is 0.847. The molecule has 0 aliphatic rings. The van der Waals surface area contributed by atoms with Crippen LogP contribution in [0.15, 0.2) is 17.8 Å². The number of nitrogen functional groups attached to an aromatic ring is 1. The van der Waals surface area contributed by atoms with Crippen LogP contribution in [0.5, 0.6) is 0 Å². The topological polar surface area (TPSA) is 70.1 Å². The first-order chi connectivity index (χ1) is 8.17. The van der Waals surface area contributed by atoms with E-state index in [0.29, 0.717) is 10.6 Å². The number of rotatable bonds is 3. The molecule has 0 bridgehead atoms. The highest BCUT2D eigenvalue weighted by atomic mass is 32.1. The number of esters is 1. The molecule has 0 amide bonds. The lowest BCUT2D eigenvalue weighted by molar-refractivity contribution is 0.0603. The summed E-state index contributed by atoms with van der Waals surface area (Å²) in [5.74, 6) is -0.414. The molecule has 0 unspecified atom stereocenters. The van der Waals surface area contributed by atoms with Crippen LogP contribution in [-0.4, -0.2) is 22.9 Å². The highest BCUT2D eigenvalue weighted by Crippen LogP contribution is 2.33. The molecular weight excluding hydrogens is 238 g/mol. The fourth-order valence-electron chi connectivity index (χ4n) is 1.57. The summed E-state index contributed by atoms with van der Waals surface area (Å²) in [6.07, 6.45) is 3.60. The SMILES string of the molecule is CCn1cc(-c2csc(N)c2C(=O)OC)cn1. The zero-order chi connectivity index (χ0) is 12.4. The maximum atomic E-state index is 11.6. The van der Waals surface area contributed by atoms with Crippen molar-refractivity contribution >= 4 is 22.3 Å². The minimum Gasteiger partial charge on any atom is -0.465 e. The fourth-order valence-corrected chi connectivity index (χ4v) is 2.38. The van der Waals surface area contributed by atoms with Crippen LogP contribution >= 0.6 is 11.3 Å². The smallest absolute Gasteiger partial charge is 0.341 e. The van der Waals surface area contributed by atoms with Crippen molar-refractivity contribution in [2.75, 3.05) is 12.8 Å². The van der Waals surface area contributed by atoms with E-state index >= 15 is 0 Å². The van der Waals surface area contributed by atoms with E-state index < -0.39 is 5.97 Å². The number of ether oxygens (including phenoxy) is 1. The van der Waals surface area contributed by atoms with Crippen molar-refractivity contribution in [2.45, 2.75) is 13.5 Å². The van der Waals surface area contributed by atoms with Crippen molar-refractivity contribution in [3.8, 4) is 11.1 Å². The lowest BCUT2D eigenvalue weighted by atomic mass is 10.1. The summed E-state index contributed by atoms with van der Waals surface area (Å²) in [6, 6.07) is 0. The molecule has 2 rings (SSSR count). The average molecular weight is 251 g/mol. The van der Waals surface area contributed by atoms with Gasteiger partial charge in [0, 0.05) is 29.2 Å². The summed E-state index contributed by atoms with van der Waals surface area (Å²) < 4.78 is 6.53. The third kappa shape index (κ3) is 2.03. The Hall–Kier alpha value is -1.82. The molecule has 0 fully saturated rings. The first kappa shape index (κ1) is 11.7. The van der Waals surface area contributed by atoms with Crippen molar-refractivity contribution < 1.29 is 9.53 Å². The number of thiophene rings is 1. The van der Waals surface area contributed by atoms with Gasteiger partial charge in [-0.3, -0.25) is 4.68 Å². The van der Waals surface area contributed by atoms with Gasteiger partial charge in [0.1, 0.15) is 10.6 Å². The molecule has 2 aromatic rings. The first-order valence-corrected chi connectivity index (χ1v) is 6.03. The van der Waals surface area contributed by atoms with Crippen molar-refractivity contribution in [1.82, 2.24) is 9.78 Å². The van der Waals surface area contributed by atoms with Gasteiger partial charge in [-0.05, 0) is 6.92 Å². The zero-order valence-corrected chi connectivity index (χ0v) is 10.5. The van der Waals surface area contributed by atoms with E-state index in [1.54, 1.807) is 10.9 Å². The number of methoxy groups -OCH3 is 1. The number of carbonyl (C=O) groups excluding carboxylic acids is 1. The Morgan fingerprint density at radius 3 is 3.00 bits per heavy atom. The number of anilines is 1. The Morgan fingerprint density at radius 2 is 2.41 bits per heavy atom. The normalized spacial score (nSPS) is 10.5. The molecule has 0 spiro atoms. The third-order valence-electron chi connectivity index (χ3n) is 2.48. The van der Waals surface area contributed by atoms with Crippen molar-refractivity contribution in [3.63, 3.8) is 0 Å². The van der Waals surface area contributed by atoms with E-state index in [9.17, 15) is 4.79 Å². The van der Waals surface area contributed by atoms with Gasteiger partial charge in [-0.1, -0.05) is 0 Å². The van der Waals surface area contributed by atoms with E-state index in [1.165, 1.54) is 18.4 Å². The predicted octanol–water partition coefficient (Wildman–Crippen LogP) is 2.00. The van der Waals surface area contributed by atoms with Gasteiger partial charge in [0.05, 0.1) is 13.3 Å². The molecule has 6 heteroatoms. The molecule has 90 valence electrons. The minimum absolute atomic E-state index is 0.414. The maximum absolute atomic E-state index is 11.6. The minimum atomic E-state index is -0.414. The summed E-state index contributed by atoms with van der Waals surface area (Å²) in [6.45, 7) is 2.78. The largest absolute Gasteiger partial charge is 0.465 e. The van der Waals surface area contributed by atoms with E-state index in [0.717, 1.165) is 17.7 Å². The lowest BCUT2D eigenvalue weighted by Gasteiger charge is -2.01. The van der Waals surface area contributed by atoms with Crippen LogP contribution in [0.1, 0.15) is 17.3 Å². The Kier molecular flexibility index (Phi) is 3.14. The standard InChI is InChI=1S/C11H13N3O2S/c1-3-14-5-7(4-13-14)8-6-17-10(12)9(8)11(15)16-2/h4-6H,3,12H2,1-2H3. The summed E-state index contributed by atoms with van der Waals surface area (Å²) in [5.41, 5.74) is 7.86. The summed E-state index contributed by atoms with van der Waals surface area (Å²) in [7, 11) is 1.35. The van der Waals surface area contributed by atoms with Crippen LogP contribution in [0, 0.1) is 0 Å². The van der Waals surface area contributed by atoms with Crippen LogP contribution in [0.4, 0.5) is 5.00 Å². The molecule has 0 aromatic carbocycles. The summed E-state index contributed by atoms with van der Waals surface area (Å²) in [5, 5.41) is 6.49. The Bertz CT molecular complexity index is 545. The molecule has 2 heterocycles. The molecular formula is C11H13N3O2S. The molecule has 0 saturated carbocycles. The van der Waals surface area contributed by atoms with Gasteiger partial charge in [-0.15, -0.1) is 11.3 Å². The average Bonchev–Trinajstić information content (AvgIpc) is 2.94. The molecule has 0 aliphatic heterocycles. The Balaban J connectivity index is 2.48. The van der Waals surface area contributed by atoms with Gasteiger partial charge < -0.3 is 10.5 Å². The number of nitrogens with zero attached hydrogens (tertiary/aromatic N) is 2. The van der Waals surface area contributed by atoms with Crippen LogP contribution in [0.25, 0.3) is 11.1 Å². The van der Waals surface area contributed by atoms with Gasteiger partial charge in [-0.25, -0.2) is 4.79 Å². The second-order valence-corrected chi connectivity index (χ2v) is 4.38. The fraction of sp³-hybridized carbons (Fsp3) is 0.273. The third-order valence-corrected chi connectivity index (χ3v) is 3.29. The summed E-state index contributed by atoms with van der Waals surface area (Å²) in [4.78, 5) is 11.6.